The third kappa shape index (κ3) is 3.97. The zero-order chi connectivity index (χ0) is 22.1. The molecule has 0 spiro atoms. The third-order valence-electron chi connectivity index (χ3n) is 5.70. The molecule has 0 unspecified atom stereocenters. The summed E-state index contributed by atoms with van der Waals surface area (Å²) in [5.74, 6) is -3.49. The van der Waals surface area contributed by atoms with E-state index in [1.807, 2.05) is 13.0 Å². The summed E-state index contributed by atoms with van der Waals surface area (Å²) in [6, 6.07) is 10.7. The van der Waals surface area contributed by atoms with Gasteiger partial charge in [-0.1, -0.05) is 31.6 Å². The van der Waals surface area contributed by atoms with Gasteiger partial charge in [0.15, 0.2) is 11.6 Å². The van der Waals surface area contributed by atoms with Crippen molar-refractivity contribution in [3.8, 4) is 16.9 Å². The molecule has 3 aromatic carbocycles. The molecule has 5 heteroatoms. The Bertz CT molecular complexity index is 1180. The molecule has 3 aromatic rings. The van der Waals surface area contributed by atoms with Crippen LogP contribution in [0.3, 0.4) is 0 Å². The van der Waals surface area contributed by atoms with Crippen molar-refractivity contribution in [2.24, 2.45) is 0 Å². The van der Waals surface area contributed by atoms with Crippen molar-refractivity contribution in [1.29, 1.82) is 0 Å². The van der Waals surface area contributed by atoms with E-state index >= 15 is 0 Å². The molecular formula is C26H22F4O. The molecule has 0 saturated heterocycles. The monoisotopic (exact) mass is 426 g/mol. The van der Waals surface area contributed by atoms with Gasteiger partial charge in [0.2, 0.25) is 5.82 Å². The fourth-order valence-corrected chi connectivity index (χ4v) is 4.09. The van der Waals surface area contributed by atoms with E-state index in [9.17, 15) is 17.6 Å². The topological polar surface area (TPSA) is 9.23 Å². The van der Waals surface area contributed by atoms with E-state index in [1.54, 1.807) is 24.3 Å². The molecule has 31 heavy (non-hydrogen) atoms. The van der Waals surface area contributed by atoms with Gasteiger partial charge in [-0.25, -0.2) is 13.2 Å². The van der Waals surface area contributed by atoms with E-state index in [2.05, 4.69) is 0 Å². The van der Waals surface area contributed by atoms with Crippen LogP contribution in [0.4, 0.5) is 17.6 Å². The van der Waals surface area contributed by atoms with E-state index in [0.717, 1.165) is 29.5 Å². The Balaban J connectivity index is 1.72. The number of hydrogen-bond acceptors (Lipinski definition) is 1. The fraction of sp³-hybridized carbons (Fsp3) is 0.231. The highest BCUT2D eigenvalue weighted by Gasteiger charge is 2.21. The molecule has 1 aliphatic rings. The van der Waals surface area contributed by atoms with Gasteiger partial charge in [0, 0.05) is 16.7 Å². The van der Waals surface area contributed by atoms with E-state index in [-0.39, 0.29) is 22.7 Å². The van der Waals surface area contributed by atoms with Gasteiger partial charge in [0.05, 0.1) is 7.11 Å². The highest BCUT2D eigenvalue weighted by atomic mass is 19.2. The predicted molar refractivity (Wildman–Crippen MR) is 115 cm³/mol. The van der Waals surface area contributed by atoms with Crippen LogP contribution < -0.4 is 4.74 Å². The first-order valence-electron chi connectivity index (χ1n) is 10.3. The molecule has 1 aliphatic carbocycles. The second-order valence-corrected chi connectivity index (χ2v) is 7.71. The molecule has 1 nitrogen and oxygen atoms in total. The fourth-order valence-electron chi connectivity index (χ4n) is 4.09. The highest BCUT2D eigenvalue weighted by Crippen LogP contribution is 2.37. The van der Waals surface area contributed by atoms with Gasteiger partial charge in [-0.2, -0.15) is 4.39 Å². The Morgan fingerprint density at radius 2 is 1.55 bits per heavy atom. The molecule has 0 aromatic heterocycles. The summed E-state index contributed by atoms with van der Waals surface area (Å²) in [6.45, 7) is 2.04. The lowest BCUT2D eigenvalue weighted by Crippen LogP contribution is -2.04. The summed E-state index contributed by atoms with van der Waals surface area (Å²) in [6.07, 6.45) is 4.64. The standard InChI is InChI=1S/C26H22F4O/c1-3-4-15-5-8-19(22(27)11-15)17-7-6-16-13-21(23(28)14-18(16)12-17)20-9-10-24(31-2)26(30)25(20)29/h5,8-14H,3-4,6-7H2,1-2H3. The Morgan fingerprint density at radius 1 is 0.806 bits per heavy atom. The molecule has 0 radical (unpaired) electrons. The molecule has 0 heterocycles. The summed E-state index contributed by atoms with van der Waals surface area (Å²) in [7, 11) is 1.24. The van der Waals surface area contributed by atoms with Crippen LogP contribution in [0, 0.1) is 23.3 Å². The van der Waals surface area contributed by atoms with Crippen LogP contribution in [-0.2, 0) is 12.8 Å². The van der Waals surface area contributed by atoms with E-state index in [4.69, 9.17) is 4.74 Å². The van der Waals surface area contributed by atoms with Crippen LogP contribution in [0.1, 0.15) is 42.0 Å². The first kappa shape index (κ1) is 21.2. The lowest BCUT2D eigenvalue weighted by Gasteiger charge is -2.19. The zero-order valence-electron chi connectivity index (χ0n) is 17.4. The minimum absolute atomic E-state index is 0.00949. The summed E-state index contributed by atoms with van der Waals surface area (Å²) in [4.78, 5) is 0. The number of rotatable bonds is 5. The molecular weight excluding hydrogens is 404 g/mol. The van der Waals surface area contributed by atoms with Crippen molar-refractivity contribution in [2.45, 2.75) is 32.6 Å². The highest BCUT2D eigenvalue weighted by molar-refractivity contribution is 5.85. The first-order chi connectivity index (χ1) is 14.9. The number of allylic oxidation sites excluding steroid dienone is 1. The quantitative estimate of drug-likeness (QED) is 0.387. The van der Waals surface area contributed by atoms with Crippen molar-refractivity contribution in [2.75, 3.05) is 7.11 Å². The molecule has 0 aliphatic heterocycles. The minimum atomic E-state index is -1.15. The molecule has 0 bridgehead atoms. The van der Waals surface area contributed by atoms with Crippen LogP contribution in [0.25, 0.3) is 22.8 Å². The van der Waals surface area contributed by atoms with Crippen molar-refractivity contribution in [3.63, 3.8) is 0 Å². The number of halogens is 4. The van der Waals surface area contributed by atoms with Crippen molar-refractivity contribution >= 4 is 11.6 Å². The van der Waals surface area contributed by atoms with Crippen molar-refractivity contribution in [3.05, 3.63) is 88.0 Å². The number of methoxy groups -OCH3 is 1. The summed E-state index contributed by atoms with van der Waals surface area (Å²) in [5.41, 5.74) is 3.51. The van der Waals surface area contributed by atoms with Crippen LogP contribution in [0.2, 0.25) is 0 Å². The smallest absolute Gasteiger partial charge is 0.201 e. The molecule has 0 atom stereocenters. The molecule has 0 saturated carbocycles. The van der Waals surface area contributed by atoms with Gasteiger partial charge < -0.3 is 4.74 Å². The van der Waals surface area contributed by atoms with Gasteiger partial charge in [-0.15, -0.1) is 0 Å². The third-order valence-corrected chi connectivity index (χ3v) is 5.70. The Morgan fingerprint density at radius 3 is 2.26 bits per heavy atom. The van der Waals surface area contributed by atoms with Crippen LogP contribution >= 0.6 is 0 Å². The lowest BCUT2D eigenvalue weighted by atomic mass is 9.86. The molecule has 0 fully saturated rings. The second kappa shape index (κ2) is 8.58. The average Bonchev–Trinajstić information content (AvgIpc) is 2.75. The Hall–Kier alpha value is -3.08. The Kier molecular flexibility index (Phi) is 5.86. The van der Waals surface area contributed by atoms with E-state index in [1.165, 1.54) is 25.3 Å². The number of aryl methyl sites for hydroxylation is 2. The minimum Gasteiger partial charge on any atom is -0.494 e. The van der Waals surface area contributed by atoms with Crippen molar-refractivity contribution in [1.82, 2.24) is 0 Å². The molecule has 0 amide bonds. The van der Waals surface area contributed by atoms with E-state index in [0.29, 0.717) is 24.0 Å². The van der Waals surface area contributed by atoms with Gasteiger partial charge in [0.25, 0.3) is 0 Å². The van der Waals surface area contributed by atoms with Crippen LogP contribution in [-0.4, -0.2) is 7.11 Å². The lowest BCUT2D eigenvalue weighted by molar-refractivity contribution is 0.372. The maximum absolute atomic E-state index is 14.9. The Labute approximate surface area is 179 Å². The summed E-state index contributed by atoms with van der Waals surface area (Å²) >= 11 is 0. The normalized spacial score (nSPS) is 13.0. The number of hydrogen-bond donors (Lipinski definition) is 0. The second-order valence-electron chi connectivity index (χ2n) is 7.71. The summed E-state index contributed by atoms with van der Waals surface area (Å²) < 4.78 is 62.9. The maximum atomic E-state index is 14.9. The SMILES string of the molecule is CCCc1ccc(C2=Cc3cc(F)c(-c4ccc(OC)c(F)c4F)cc3CC2)c(F)c1. The first-order valence-corrected chi connectivity index (χ1v) is 10.3. The van der Waals surface area contributed by atoms with Gasteiger partial charge in [-0.05, 0) is 71.9 Å². The van der Waals surface area contributed by atoms with Crippen molar-refractivity contribution < 1.29 is 22.3 Å². The van der Waals surface area contributed by atoms with Crippen LogP contribution in [0.15, 0.2) is 42.5 Å². The molecule has 4 rings (SSSR count). The number of ether oxygens (including phenoxy) is 1. The van der Waals surface area contributed by atoms with Gasteiger partial charge in [-0.3, -0.25) is 0 Å². The number of fused-ring (bicyclic) bond motifs is 1. The maximum Gasteiger partial charge on any atom is 0.201 e. The predicted octanol–water partition coefficient (Wildman–Crippen LogP) is 7.36. The van der Waals surface area contributed by atoms with E-state index < -0.39 is 17.5 Å². The zero-order valence-corrected chi connectivity index (χ0v) is 17.4. The molecule has 160 valence electrons. The summed E-state index contributed by atoms with van der Waals surface area (Å²) in [5, 5.41) is 0. The number of benzene rings is 3. The molecule has 0 N–H and O–H groups in total. The van der Waals surface area contributed by atoms with Crippen LogP contribution in [0.5, 0.6) is 5.75 Å². The van der Waals surface area contributed by atoms with Gasteiger partial charge >= 0.3 is 0 Å². The van der Waals surface area contributed by atoms with Gasteiger partial charge in [0.1, 0.15) is 11.6 Å². The largest absolute Gasteiger partial charge is 0.494 e. The average molecular weight is 426 g/mol.